The average molecular weight is 501 g/mol. The fourth-order valence-corrected chi connectivity index (χ4v) is 3.83. The SMILES string of the molecule is CN=C(NCc1cccc(Cl)c1)NCC1CCN(S(C)(=O)=O)CC1.I. The maximum absolute atomic E-state index is 11.5. The van der Waals surface area contributed by atoms with Gasteiger partial charge >= 0.3 is 0 Å². The van der Waals surface area contributed by atoms with Crippen molar-refractivity contribution in [3.8, 4) is 0 Å². The number of nitrogens with one attached hydrogen (secondary N) is 2. The number of guanidine groups is 1. The zero-order valence-corrected chi connectivity index (χ0v) is 18.4. The van der Waals surface area contributed by atoms with Gasteiger partial charge in [0.25, 0.3) is 0 Å². The van der Waals surface area contributed by atoms with E-state index in [-0.39, 0.29) is 24.0 Å². The Balaban J connectivity index is 0.00000312. The first-order valence-electron chi connectivity index (χ1n) is 8.02. The largest absolute Gasteiger partial charge is 0.356 e. The summed E-state index contributed by atoms with van der Waals surface area (Å²) in [5.41, 5.74) is 1.09. The van der Waals surface area contributed by atoms with Gasteiger partial charge in [-0.3, -0.25) is 4.99 Å². The smallest absolute Gasteiger partial charge is 0.211 e. The molecule has 1 aliphatic rings. The number of hydrogen-bond donors (Lipinski definition) is 2. The summed E-state index contributed by atoms with van der Waals surface area (Å²) in [5, 5.41) is 7.29. The monoisotopic (exact) mass is 500 g/mol. The van der Waals surface area contributed by atoms with Crippen molar-refractivity contribution < 1.29 is 8.42 Å². The summed E-state index contributed by atoms with van der Waals surface area (Å²) in [4.78, 5) is 4.22. The van der Waals surface area contributed by atoms with Crippen LogP contribution in [0.4, 0.5) is 0 Å². The van der Waals surface area contributed by atoms with Crippen molar-refractivity contribution in [2.45, 2.75) is 19.4 Å². The predicted octanol–water partition coefficient (Wildman–Crippen LogP) is 2.29. The molecule has 0 spiro atoms. The normalized spacial score (nSPS) is 17.0. The second-order valence-corrected chi connectivity index (χ2v) is 8.46. The summed E-state index contributed by atoms with van der Waals surface area (Å²) < 4.78 is 24.6. The van der Waals surface area contributed by atoms with Crippen molar-refractivity contribution in [3.05, 3.63) is 34.9 Å². The molecule has 6 nitrogen and oxygen atoms in total. The molecule has 0 amide bonds. The van der Waals surface area contributed by atoms with Gasteiger partial charge in [-0.05, 0) is 36.5 Å². The van der Waals surface area contributed by atoms with Gasteiger partial charge in [0.2, 0.25) is 10.0 Å². The van der Waals surface area contributed by atoms with Crippen LogP contribution in [-0.2, 0) is 16.6 Å². The Kier molecular flexibility index (Phi) is 9.47. The van der Waals surface area contributed by atoms with E-state index in [9.17, 15) is 8.42 Å². The number of hydrogen-bond acceptors (Lipinski definition) is 3. The highest BCUT2D eigenvalue weighted by molar-refractivity contribution is 14.0. The van der Waals surface area contributed by atoms with Crippen LogP contribution >= 0.6 is 35.6 Å². The van der Waals surface area contributed by atoms with E-state index in [1.165, 1.54) is 6.26 Å². The van der Waals surface area contributed by atoms with Crippen LogP contribution in [0.25, 0.3) is 0 Å². The summed E-state index contributed by atoms with van der Waals surface area (Å²) in [7, 11) is -1.33. The third kappa shape index (κ3) is 7.67. The highest BCUT2D eigenvalue weighted by Crippen LogP contribution is 2.18. The lowest BCUT2D eigenvalue weighted by Crippen LogP contribution is -2.43. The van der Waals surface area contributed by atoms with E-state index in [1.54, 1.807) is 11.4 Å². The Morgan fingerprint density at radius 3 is 2.56 bits per heavy atom. The summed E-state index contributed by atoms with van der Waals surface area (Å²) in [5.74, 6) is 1.19. The molecule has 25 heavy (non-hydrogen) atoms. The van der Waals surface area contributed by atoms with Crippen LogP contribution in [-0.4, -0.2) is 51.6 Å². The predicted molar refractivity (Wildman–Crippen MR) is 114 cm³/mol. The summed E-state index contributed by atoms with van der Waals surface area (Å²) >= 11 is 5.98. The van der Waals surface area contributed by atoms with Crippen molar-refractivity contribution in [2.75, 3.05) is 32.9 Å². The van der Waals surface area contributed by atoms with Crippen molar-refractivity contribution in [2.24, 2.45) is 10.9 Å². The minimum absolute atomic E-state index is 0. The Morgan fingerprint density at radius 2 is 2.00 bits per heavy atom. The van der Waals surface area contributed by atoms with E-state index in [1.807, 2.05) is 24.3 Å². The van der Waals surface area contributed by atoms with Crippen LogP contribution in [0.3, 0.4) is 0 Å². The van der Waals surface area contributed by atoms with E-state index in [0.717, 1.165) is 35.9 Å². The molecule has 1 fully saturated rings. The van der Waals surface area contributed by atoms with Crippen LogP contribution in [0, 0.1) is 5.92 Å². The maximum atomic E-state index is 11.5. The molecule has 1 saturated heterocycles. The lowest BCUT2D eigenvalue weighted by Gasteiger charge is -2.30. The van der Waals surface area contributed by atoms with E-state index >= 15 is 0 Å². The topological polar surface area (TPSA) is 73.8 Å². The zero-order chi connectivity index (χ0) is 17.6. The molecule has 0 radical (unpaired) electrons. The number of piperidine rings is 1. The third-order valence-electron chi connectivity index (χ3n) is 4.17. The molecule has 9 heteroatoms. The van der Waals surface area contributed by atoms with E-state index in [2.05, 4.69) is 15.6 Å². The van der Waals surface area contributed by atoms with Gasteiger partial charge in [0.15, 0.2) is 5.96 Å². The van der Waals surface area contributed by atoms with Crippen LogP contribution < -0.4 is 10.6 Å². The first-order valence-corrected chi connectivity index (χ1v) is 10.2. The Bertz CT molecular complexity index is 676. The standard InChI is InChI=1S/C16H25ClN4O2S.HI/c1-18-16(20-12-14-4-3-5-15(17)10-14)19-11-13-6-8-21(9-7-13)24(2,22)23;/h3-5,10,13H,6-9,11-12H2,1-2H3,(H2,18,19,20);1H. The average Bonchev–Trinajstić information content (AvgIpc) is 2.55. The first-order chi connectivity index (χ1) is 11.4. The molecule has 142 valence electrons. The summed E-state index contributed by atoms with van der Waals surface area (Å²) in [6.45, 7) is 2.62. The summed E-state index contributed by atoms with van der Waals surface area (Å²) in [6.07, 6.45) is 3.00. The van der Waals surface area contributed by atoms with Crippen molar-refractivity contribution in [1.29, 1.82) is 0 Å². The number of nitrogens with zero attached hydrogens (tertiary/aromatic N) is 2. The zero-order valence-electron chi connectivity index (χ0n) is 14.5. The van der Waals surface area contributed by atoms with Crippen molar-refractivity contribution in [1.82, 2.24) is 14.9 Å². The second-order valence-electron chi connectivity index (χ2n) is 6.04. The molecule has 0 atom stereocenters. The first kappa shape index (κ1) is 22.5. The van der Waals surface area contributed by atoms with Gasteiger partial charge in [-0.25, -0.2) is 12.7 Å². The Labute approximate surface area is 172 Å². The van der Waals surface area contributed by atoms with Crippen molar-refractivity contribution in [3.63, 3.8) is 0 Å². The van der Waals surface area contributed by atoms with E-state index in [4.69, 9.17) is 11.6 Å². The minimum atomic E-state index is -3.06. The Morgan fingerprint density at radius 1 is 1.32 bits per heavy atom. The third-order valence-corrected chi connectivity index (χ3v) is 5.71. The molecule has 1 aromatic carbocycles. The maximum Gasteiger partial charge on any atom is 0.211 e. The molecule has 0 aliphatic carbocycles. The molecule has 0 saturated carbocycles. The molecule has 2 N–H and O–H groups in total. The van der Waals surface area contributed by atoms with Crippen LogP contribution in [0.5, 0.6) is 0 Å². The molecular formula is C16H26ClIN4O2S. The summed E-state index contributed by atoms with van der Waals surface area (Å²) in [6, 6.07) is 7.70. The highest BCUT2D eigenvalue weighted by Gasteiger charge is 2.24. The molecule has 0 unspecified atom stereocenters. The van der Waals surface area contributed by atoms with Gasteiger partial charge in [-0.1, -0.05) is 23.7 Å². The van der Waals surface area contributed by atoms with Gasteiger partial charge in [-0.2, -0.15) is 0 Å². The quantitative estimate of drug-likeness (QED) is 0.370. The van der Waals surface area contributed by atoms with Gasteiger partial charge in [-0.15, -0.1) is 24.0 Å². The van der Waals surface area contributed by atoms with Crippen molar-refractivity contribution >= 4 is 51.6 Å². The molecule has 2 rings (SSSR count). The van der Waals surface area contributed by atoms with Gasteiger partial charge in [0, 0.05) is 38.2 Å². The van der Waals surface area contributed by atoms with E-state index < -0.39 is 10.0 Å². The number of halogens is 2. The highest BCUT2D eigenvalue weighted by atomic mass is 127. The number of sulfonamides is 1. The molecular weight excluding hydrogens is 475 g/mol. The van der Waals surface area contributed by atoms with Crippen LogP contribution in [0.1, 0.15) is 18.4 Å². The van der Waals surface area contributed by atoms with Gasteiger partial charge < -0.3 is 10.6 Å². The second kappa shape index (κ2) is 10.5. The number of benzene rings is 1. The lowest BCUT2D eigenvalue weighted by atomic mass is 9.98. The molecule has 1 aromatic rings. The van der Waals surface area contributed by atoms with Crippen LogP contribution in [0.15, 0.2) is 29.3 Å². The molecule has 0 aromatic heterocycles. The Hall–Kier alpha value is -0.580. The number of rotatable bonds is 5. The lowest BCUT2D eigenvalue weighted by molar-refractivity contribution is 0.275. The minimum Gasteiger partial charge on any atom is -0.356 e. The van der Waals surface area contributed by atoms with Crippen LogP contribution in [0.2, 0.25) is 5.02 Å². The van der Waals surface area contributed by atoms with E-state index in [0.29, 0.717) is 25.6 Å². The van der Waals surface area contributed by atoms with Gasteiger partial charge in [0.1, 0.15) is 0 Å². The molecule has 1 heterocycles. The number of aliphatic imine (C=N–C) groups is 1. The molecule has 1 aliphatic heterocycles. The van der Waals surface area contributed by atoms with Gasteiger partial charge in [0.05, 0.1) is 6.26 Å². The fourth-order valence-electron chi connectivity index (χ4n) is 2.74. The molecule has 0 bridgehead atoms. The fraction of sp³-hybridized carbons (Fsp3) is 0.562.